The van der Waals surface area contributed by atoms with Crippen LogP contribution in [0.3, 0.4) is 0 Å². The fraction of sp³-hybridized carbons (Fsp3) is 0.556. The molecule has 1 heterocycles. The van der Waals surface area contributed by atoms with Gasteiger partial charge in [-0.3, -0.25) is 4.79 Å². The number of carboxylic acid groups (broad SMARTS) is 1. The second-order valence-corrected chi connectivity index (χ2v) is 6.83. The molecule has 5 nitrogen and oxygen atoms in total. The molecule has 2 aliphatic rings. The van der Waals surface area contributed by atoms with Gasteiger partial charge in [-0.25, -0.2) is 9.18 Å². The van der Waals surface area contributed by atoms with Gasteiger partial charge < -0.3 is 14.9 Å². The normalized spacial score (nSPS) is 22.5. The molecule has 1 aliphatic carbocycles. The first-order chi connectivity index (χ1) is 11.5. The van der Waals surface area contributed by atoms with Crippen molar-refractivity contribution in [2.24, 2.45) is 11.8 Å². The minimum atomic E-state index is -0.940. The molecule has 2 atom stereocenters. The number of carbonyl (C=O) groups excluding carboxylic acids is 1. The number of likely N-dealkylation sites (tertiary alicyclic amines) is 1. The van der Waals surface area contributed by atoms with E-state index in [2.05, 4.69) is 0 Å². The van der Waals surface area contributed by atoms with Crippen LogP contribution >= 0.6 is 0 Å². The van der Waals surface area contributed by atoms with Gasteiger partial charge in [-0.05, 0) is 42.4 Å². The highest BCUT2D eigenvalue weighted by Crippen LogP contribution is 2.38. The molecule has 0 unspecified atom stereocenters. The lowest BCUT2D eigenvalue weighted by Crippen LogP contribution is -2.43. The summed E-state index contributed by atoms with van der Waals surface area (Å²) in [6.45, 7) is 1.89. The van der Waals surface area contributed by atoms with Crippen LogP contribution in [0, 0.1) is 17.7 Å². The topological polar surface area (TPSA) is 60.9 Å². The van der Waals surface area contributed by atoms with E-state index in [1.54, 1.807) is 12.1 Å². The fourth-order valence-electron chi connectivity index (χ4n) is 3.92. The average Bonchev–Trinajstić information content (AvgIpc) is 3.12. The Hall–Kier alpha value is -2.11. The molecule has 0 bridgehead atoms. The summed E-state index contributed by atoms with van der Waals surface area (Å²) in [5.41, 5.74) is 0.674. The van der Waals surface area contributed by atoms with Crippen LogP contribution in [0.15, 0.2) is 24.3 Å². The lowest BCUT2D eigenvalue weighted by Gasteiger charge is -2.28. The summed E-state index contributed by atoms with van der Waals surface area (Å²) in [5, 5.41) is 8.94. The second kappa shape index (κ2) is 7.20. The average molecular weight is 334 g/mol. The van der Waals surface area contributed by atoms with Crippen molar-refractivity contribution in [3.05, 3.63) is 35.6 Å². The lowest BCUT2D eigenvalue weighted by atomic mass is 10.0. The van der Waals surface area contributed by atoms with Crippen LogP contribution in [0.2, 0.25) is 0 Å². The van der Waals surface area contributed by atoms with Crippen LogP contribution in [0.4, 0.5) is 9.18 Å². The van der Waals surface area contributed by atoms with Crippen LogP contribution in [-0.2, 0) is 11.3 Å². The number of halogens is 1. The Kier molecular flexibility index (Phi) is 5.02. The molecule has 1 aromatic rings. The molecule has 2 fully saturated rings. The summed E-state index contributed by atoms with van der Waals surface area (Å²) in [7, 11) is 0. The first kappa shape index (κ1) is 16.7. The van der Waals surface area contributed by atoms with Crippen molar-refractivity contribution in [1.82, 2.24) is 9.80 Å². The molecule has 2 amide bonds. The molecule has 1 aliphatic heterocycles. The molecule has 1 saturated heterocycles. The van der Waals surface area contributed by atoms with Gasteiger partial charge in [-0.1, -0.05) is 18.6 Å². The zero-order valence-corrected chi connectivity index (χ0v) is 13.7. The molecule has 6 heteroatoms. The number of aliphatic carboxylic acids is 1. The third-order valence-corrected chi connectivity index (χ3v) is 5.13. The molecule has 3 rings (SSSR count). The monoisotopic (exact) mass is 334 g/mol. The van der Waals surface area contributed by atoms with Gasteiger partial charge in [0, 0.05) is 26.2 Å². The predicted octanol–water partition coefficient (Wildman–Crippen LogP) is 2.95. The Bertz CT molecular complexity index is 610. The highest BCUT2D eigenvalue weighted by Gasteiger charge is 2.39. The fourth-order valence-corrected chi connectivity index (χ4v) is 3.92. The number of carboxylic acids is 1. The smallest absolute Gasteiger partial charge is 0.320 e. The molecule has 1 N–H and O–H groups in total. The zero-order valence-electron chi connectivity index (χ0n) is 13.7. The molecule has 1 saturated carbocycles. The van der Waals surface area contributed by atoms with E-state index in [4.69, 9.17) is 5.11 Å². The number of hydrogen-bond donors (Lipinski definition) is 1. The Balaban J connectivity index is 1.69. The van der Waals surface area contributed by atoms with Crippen molar-refractivity contribution in [1.29, 1.82) is 0 Å². The number of urea groups is 1. The molecular weight excluding hydrogens is 311 g/mol. The van der Waals surface area contributed by atoms with Gasteiger partial charge in [-0.15, -0.1) is 0 Å². The largest absolute Gasteiger partial charge is 0.481 e. The number of benzene rings is 1. The highest BCUT2D eigenvalue weighted by atomic mass is 19.1. The van der Waals surface area contributed by atoms with Crippen LogP contribution in [0.25, 0.3) is 0 Å². The van der Waals surface area contributed by atoms with Gasteiger partial charge >= 0.3 is 12.0 Å². The molecule has 0 radical (unpaired) electrons. The Morgan fingerprint density at radius 3 is 2.58 bits per heavy atom. The summed E-state index contributed by atoms with van der Waals surface area (Å²) < 4.78 is 13.4. The number of nitrogens with zero attached hydrogens (tertiary/aromatic N) is 2. The van der Waals surface area contributed by atoms with E-state index in [9.17, 15) is 14.0 Å². The third-order valence-electron chi connectivity index (χ3n) is 5.13. The van der Waals surface area contributed by atoms with E-state index in [1.807, 2.05) is 4.90 Å². The number of carbonyl (C=O) groups is 2. The molecule has 0 aromatic heterocycles. The van der Waals surface area contributed by atoms with Gasteiger partial charge in [-0.2, -0.15) is 0 Å². The summed E-state index contributed by atoms with van der Waals surface area (Å²) in [6.07, 6.45) is 3.48. The Labute approximate surface area is 141 Å². The first-order valence-corrected chi connectivity index (χ1v) is 8.53. The summed E-state index contributed by atoms with van der Waals surface area (Å²) >= 11 is 0. The maximum atomic E-state index is 13.4. The number of fused-ring (bicyclic) bond motifs is 1. The van der Waals surface area contributed by atoms with E-state index in [1.165, 1.54) is 36.3 Å². The van der Waals surface area contributed by atoms with Crippen LogP contribution in [-0.4, -0.2) is 46.5 Å². The van der Waals surface area contributed by atoms with Gasteiger partial charge in [0.25, 0.3) is 0 Å². The quantitative estimate of drug-likeness (QED) is 0.900. The van der Waals surface area contributed by atoms with Gasteiger partial charge in [0.05, 0.1) is 6.42 Å². The standard InChI is InChI=1S/C18H23FN2O3/c19-16-6-1-3-13(9-16)10-20(8-7-17(22)23)18(24)21-11-14-4-2-5-15(14)12-21/h1,3,6,9,14-15H,2,4-5,7-8,10-12H2,(H,22,23)/t14-,15+. The number of hydrogen-bond acceptors (Lipinski definition) is 2. The lowest BCUT2D eigenvalue weighted by molar-refractivity contribution is -0.137. The van der Waals surface area contributed by atoms with Crippen LogP contribution in [0.1, 0.15) is 31.2 Å². The van der Waals surface area contributed by atoms with Crippen molar-refractivity contribution in [2.45, 2.75) is 32.2 Å². The minimum Gasteiger partial charge on any atom is -0.481 e. The molecule has 130 valence electrons. The van der Waals surface area contributed by atoms with Crippen molar-refractivity contribution >= 4 is 12.0 Å². The van der Waals surface area contributed by atoms with Gasteiger partial charge in [0.15, 0.2) is 0 Å². The summed E-state index contributed by atoms with van der Waals surface area (Å²) in [5.74, 6) is -0.118. The van der Waals surface area contributed by atoms with Gasteiger partial charge in [0.2, 0.25) is 0 Å². The van der Waals surface area contributed by atoms with Gasteiger partial charge in [0.1, 0.15) is 5.82 Å². The molecule has 1 aromatic carbocycles. The molecule has 24 heavy (non-hydrogen) atoms. The summed E-state index contributed by atoms with van der Waals surface area (Å²) in [6, 6.07) is 5.97. The van der Waals surface area contributed by atoms with E-state index in [0.29, 0.717) is 17.4 Å². The molecule has 0 spiro atoms. The van der Waals surface area contributed by atoms with Crippen molar-refractivity contribution in [3.8, 4) is 0 Å². The number of rotatable bonds is 5. The van der Waals surface area contributed by atoms with Crippen LogP contribution in [0.5, 0.6) is 0 Å². The van der Waals surface area contributed by atoms with Crippen molar-refractivity contribution in [3.63, 3.8) is 0 Å². The zero-order chi connectivity index (χ0) is 17.1. The minimum absolute atomic E-state index is 0.109. The van der Waals surface area contributed by atoms with Crippen LogP contribution < -0.4 is 0 Å². The second-order valence-electron chi connectivity index (χ2n) is 6.83. The predicted molar refractivity (Wildman–Crippen MR) is 86.9 cm³/mol. The first-order valence-electron chi connectivity index (χ1n) is 8.53. The van der Waals surface area contributed by atoms with E-state index >= 15 is 0 Å². The Morgan fingerprint density at radius 1 is 1.25 bits per heavy atom. The van der Waals surface area contributed by atoms with E-state index < -0.39 is 5.97 Å². The maximum Gasteiger partial charge on any atom is 0.320 e. The Morgan fingerprint density at radius 2 is 1.96 bits per heavy atom. The summed E-state index contributed by atoms with van der Waals surface area (Å²) in [4.78, 5) is 27.1. The van der Waals surface area contributed by atoms with Crippen molar-refractivity contribution < 1.29 is 19.1 Å². The third kappa shape index (κ3) is 3.86. The van der Waals surface area contributed by atoms with Crippen molar-refractivity contribution in [2.75, 3.05) is 19.6 Å². The molecular formula is C18H23FN2O3. The SMILES string of the molecule is O=C(O)CCN(Cc1cccc(F)c1)C(=O)N1C[C@H]2CCC[C@H]2C1. The van der Waals surface area contributed by atoms with E-state index in [0.717, 1.165) is 13.1 Å². The van der Waals surface area contributed by atoms with E-state index in [-0.39, 0.29) is 31.4 Å². The highest BCUT2D eigenvalue weighted by molar-refractivity contribution is 5.76. The number of amides is 2. The maximum absolute atomic E-state index is 13.4.